The minimum Gasteiger partial charge on any atom is -0.458 e. The number of thioether (sulfide) groups is 1. The van der Waals surface area contributed by atoms with Gasteiger partial charge in [0.25, 0.3) is 15.9 Å². The molecule has 3 rings (SSSR count). The fraction of sp³-hybridized carbons (Fsp3) is 0.464. The molecule has 2 amide bonds. The highest BCUT2D eigenvalue weighted by Gasteiger charge is 2.44. The Labute approximate surface area is 240 Å². The Kier molecular flexibility index (Phi) is 10.3. The molecule has 1 aliphatic rings. The van der Waals surface area contributed by atoms with Crippen LogP contribution in [-0.2, 0) is 30.8 Å². The van der Waals surface area contributed by atoms with Gasteiger partial charge in [0, 0.05) is 38.6 Å². The molecule has 10 nitrogen and oxygen atoms in total. The number of esters is 1. The first-order chi connectivity index (χ1) is 18.7. The van der Waals surface area contributed by atoms with Crippen molar-refractivity contribution in [2.45, 2.75) is 56.7 Å². The third-order valence-electron chi connectivity index (χ3n) is 5.90. The van der Waals surface area contributed by atoms with Crippen LogP contribution >= 0.6 is 11.8 Å². The molecule has 0 spiro atoms. The van der Waals surface area contributed by atoms with E-state index in [1.54, 1.807) is 71.3 Å². The summed E-state index contributed by atoms with van der Waals surface area (Å²) in [6.07, 6.45) is -0.703. The van der Waals surface area contributed by atoms with Crippen molar-refractivity contribution in [3.63, 3.8) is 0 Å². The molecule has 1 aliphatic heterocycles. The first-order valence-corrected chi connectivity index (χ1v) is 15.5. The van der Waals surface area contributed by atoms with Crippen molar-refractivity contribution < 1.29 is 32.3 Å². The number of sulfonamides is 1. The number of nitrogens with zero attached hydrogens (tertiary/aromatic N) is 2. The first-order valence-electron chi connectivity index (χ1n) is 12.9. The highest BCUT2D eigenvalue weighted by Crippen LogP contribution is 2.26. The Morgan fingerprint density at radius 3 is 2.20 bits per heavy atom. The molecule has 0 aromatic heterocycles. The van der Waals surface area contributed by atoms with Crippen molar-refractivity contribution in [3.05, 3.63) is 59.7 Å². The maximum Gasteiger partial charge on any atom is 0.414 e. The summed E-state index contributed by atoms with van der Waals surface area (Å²) in [4.78, 5) is 40.6. The lowest BCUT2D eigenvalue weighted by Crippen LogP contribution is -2.58. The van der Waals surface area contributed by atoms with Gasteiger partial charge in [0.2, 0.25) is 0 Å². The van der Waals surface area contributed by atoms with Gasteiger partial charge >= 0.3 is 12.1 Å². The van der Waals surface area contributed by atoms with Crippen LogP contribution in [0.4, 0.5) is 4.79 Å². The van der Waals surface area contributed by atoms with Crippen molar-refractivity contribution in [2.75, 3.05) is 32.1 Å². The van der Waals surface area contributed by atoms with Crippen LogP contribution in [-0.4, -0.2) is 85.4 Å². The maximum atomic E-state index is 14.1. The fourth-order valence-electron chi connectivity index (χ4n) is 3.88. The van der Waals surface area contributed by atoms with Gasteiger partial charge in [-0.1, -0.05) is 29.8 Å². The zero-order chi connectivity index (χ0) is 29.7. The molecule has 0 aliphatic carbocycles. The monoisotopic (exact) mass is 591 g/mol. The van der Waals surface area contributed by atoms with E-state index in [9.17, 15) is 22.8 Å². The van der Waals surface area contributed by atoms with Crippen molar-refractivity contribution in [2.24, 2.45) is 0 Å². The van der Waals surface area contributed by atoms with Crippen molar-refractivity contribution in [1.29, 1.82) is 0 Å². The molecule has 1 N–H and O–H groups in total. The third kappa shape index (κ3) is 8.21. The summed E-state index contributed by atoms with van der Waals surface area (Å²) in [5.41, 5.74) is 0.463. The highest BCUT2D eigenvalue weighted by molar-refractivity contribution is 7.99. The van der Waals surface area contributed by atoms with Gasteiger partial charge in [-0.15, -0.1) is 0 Å². The predicted molar refractivity (Wildman–Crippen MR) is 154 cm³/mol. The Bertz CT molecular complexity index is 1300. The molecular weight excluding hydrogens is 554 g/mol. The molecule has 2 aromatic rings. The van der Waals surface area contributed by atoms with E-state index in [2.05, 4.69) is 5.32 Å². The fourth-order valence-corrected chi connectivity index (χ4v) is 6.37. The summed E-state index contributed by atoms with van der Waals surface area (Å²) >= 11 is 1.53. The molecule has 2 aromatic carbocycles. The summed E-state index contributed by atoms with van der Waals surface area (Å²) in [7, 11) is -1.35. The Hall–Kier alpha value is -3.09. The third-order valence-corrected chi connectivity index (χ3v) is 8.78. The number of ether oxygens (including phenoxy) is 2. The second-order valence-electron chi connectivity index (χ2n) is 10.7. The largest absolute Gasteiger partial charge is 0.458 e. The van der Waals surface area contributed by atoms with E-state index in [-0.39, 0.29) is 17.1 Å². The van der Waals surface area contributed by atoms with Crippen LogP contribution in [0.25, 0.3) is 0 Å². The minimum absolute atomic E-state index is 0.102. The van der Waals surface area contributed by atoms with Gasteiger partial charge in [0.15, 0.2) is 0 Å². The summed E-state index contributed by atoms with van der Waals surface area (Å²) < 4.78 is 39.7. The van der Waals surface area contributed by atoms with Crippen molar-refractivity contribution in [3.8, 4) is 5.75 Å². The van der Waals surface area contributed by atoms with Gasteiger partial charge in [-0.3, -0.25) is 4.79 Å². The topological polar surface area (TPSA) is 122 Å². The molecule has 1 fully saturated rings. The van der Waals surface area contributed by atoms with Crippen LogP contribution in [0.1, 0.15) is 31.9 Å². The number of aryl methyl sites for hydroxylation is 1. The van der Waals surface area contributed by atoms with Gasteiger partial charge in [-0.05, 0) is 57.5 Å². The number of carbonyl (C=O) groups excluding carboxylic acids is 3. The number of nitrogens with one attached hydrogen (secondary N) is 1. The Morgan fingerprint density at radius 2 is 1.68 bits per heavy atom. The lowest BCUT2D eigenvalue weighted by Gasteiger charge is -2.35. The van der Waals surface area contributed by atoms with Crippen LogP contribution in [0.2, 0.25) is 0 Å². The van der Waals surface area contributed by atoms with E-state index in [4.69, 9.17) is 9.47 Å². The number of amides is 2. The number of hydrogen-bond acceptors (Lipinski definition) is 9. The Morgan fingerprint density at radius 1 is 1.05 bits per heavy atom. The van der Waals surface area contributed by atoms with E-state index >= 15 is 0 Å². The van der Waals surface area contributed by atoms with E-state index < -0.39 is 45.7 Å². The van der Waals surface area contributed by atoms with Crippen LogP contribution < -0.4 is 10.1 Å². The molecule has 12 heteroatoms. The highest BCUT2D eigenvalue weighted by atomic mass is 32.2. The summed E-state index contributed by atoms with van der Waals surface area (Å²) in [6.45, 7) is 7.39. The van der Waals surface area contributed by atoms with E-state index in [0.29, 0.717) is 22.2 Å². The summed E-state index contributed by atoms with van der Waals surface area (Å²) in [5, 5.41) is 3.09. The van der Waals surface area contributed by atoms with Gasteiger partial charge in [-0.25, -0.2) is 22.3 Å². The molecule has 0 saturated carbocycles. The van der Waals surface area contributed by atoms with Gasteiger partial charge in [0.1, 0.15) is 17.4 Å². The van der Waals surface area contributed by atoms with Crippen LogP contribution in [0.3, 0.4) is 0 Å². The van der Waals surface area contributed by atoms with Gasteiger partial charge in [0.05, 0.1) is 10.9 Å². The second kappa shape index (κ2) is 13.0. The molecular formula is C28H37N3O7S2. The first kappa shape index (κ1) is 31.4. The van der Waals surface area contributed by atoms with E-state index in [1.165, 1.54) is 28.8 Å². The predicted octanol–water partition coefficient (Wildman–Crippen LogP) is 3.23. The van der Waals surface area contributed by atoms with Crippen molar-refractivity contribution in [1.82, 2.24) is 14.5 Å². The lowest BCUT2D eigenvalue weighted by molar-refractivity contribution is -0.162. The zero-order valence-corrected chi connectivity index (χ0v) is 25.3. The average molecular weight is 592 g/mol. The molecule has 218 valence electrons. The lowest BCUT2D eigenvalue weighted by atomic mass is 10.0. The van der Waals surface area contributed by atoms with Gasteiger partial charge < -0.3 is 19.7 Å². The normalized spacial score (nSPS) is 16.5. The van der Waals surface area contributed by atoms with Crippen LogP contribution in [0.15, 0.2) is 53.4 Å². The number of hydrogen-bond donors (Lipinski definition) is 1. The number of rotatable bonds is 8. The molecule has 1 heterocycles. The van der Waals surface area contributed by atoms with Crippen LogP contribution in [0.5, 0.6) is 5.75 Å². The zero-order valence-electron chi connectivity index (χ0n) is 23.7. The quantitative estimate of drug-likeness (QED) is 0.461. The standard InChI is InChI=1S/C28H37N3O7S2/c1-19-7-13-22(14-8-19)40(35,36)31(25(32)23-18-39-16-15-29-23)24(26(33)38-28(2,3)4)17-20-9-11-21(12-10-20)37-27(34)30(5)6/h7-14,23-24,29H,15-18H2,1-6H3/t23?,24-/m0/s1. The summed E-state index contributed by atoms with van der Waals surface area (Å²) in [6, 6.07) is 10.2. The summed E-state index contributed by atoms with van der Waals surface area (Å²) in [5.74, 6) is -0.135. The number of benzene rings is 2. The van der Waals surface area contributed by atoms with Gasteiger partial charge in [-0.2, -0.15) is 11.8 Å². The van der Waals surface area contributed by atoms with E-state index in [1.807, 2.05) is 6.92 Å². The molecule has 1 saturated heterocycles. The Balaban J connectivity index is 2.07. The van der Waals surface area contributed by atoms with E-state index in [0.717, 1.165) is 11.3 Å². The molecule has 0 bridgehead atoms. The second-order valence-corrected chi connectivity index (χ2v) is 13.7. The average Bonchev–Trinajstić information content (AvgIpc) is 2.88. The minimum atomic E-state index is -4.46. The smallest absolute Gasteiger partial charge is 0.414 e. The molecule has 1 unspecified atom stereocenters. The SMILES string of the molecule is Cc1ccc(S(=O)(=O)N(C(=O)C2CSCCN2)[C@@H](Cc2ccc(OC(=O)N(C)C)cc2)C(=O)OC(C)(C)C)cc1. The molecule has 0 radical (unpaired) electrons. The van der Waals surface area contributed by atoms with Crippen molar-refractivity contribution >= 4 is 39.8 Å². The van der Waals surface area contributed by atoms with Crippen LogP contribution in [0, 0.1) is 6.92 Å². The molecule has 2 atom stereocenters. The maximum absolute atomic E-state index is 14.1. The molecule has 40 heavy (non-hydrogen) atoms. The number of carbonyl (C=O) groups is 3.